The largest absolute Gasteiger partial charge is 0.418 e. The summed E-state index contributed by atoms with van der Waals surface area (Å²) in [4.78, 5) is 24.0. The Labute approximate surface area is 242 Å². The molecule has 8 nitrogen and oxygen atoms in total. The molecule has 42 heavy (non-hydrogen) atoms. The molecule has 1 saturated heterocycles. The van der Waals surface area contributed by atoms with Gasteiger partial charge in [0.2, 0.25) is 0 Å². The minimum atomic E-state index is -4.65. The van der Waals surface area contributed by atoms with Crippen molar-refractivity contribution in [2.75, 3.05) is 13.1 Å². The highest BCUT2D eigenvalue weighted by molar-refractivity contribution is 5.84. The van der Waals surface area contributed by atoms with Gasteiger partial charge in [0.25, 0.3) is 5.56 Å². The average Bonchev–Trinajstić information content (AvgIpc) is 3.55. The van der Waals surface area contributed by atoms with Crippen molar-refractivity contribution in [3.63, 3.8) is 0 Å². The minimum absolute atomic E-state index is 0.0367. The number of H-pyrrole nitrogens is 1. The van der Waals surface area contributed by atoms with E-state index in [9.17, 15) is 18.0 Å². The topological polar surface area (TPSA) is 84.6 Å². The van der Waals surface area contributed by atoms with E-state index < -0.39 is 22.7 Å². The third-order valence-corrected chi connectivity index (χ3v) is 9.45. The Kier molecular flexibility index (Phi) is 6.38. The summed E-state index contributed by atoms with van der Waals surface area (Å²) in [5, 5.41) is 8.46. The Bertz CT molecular complexity index is 1710. The van der Waals surface area contributed by atoms with Crippen molar-refractivity contribution in [2.24, 2.45) is 18.9 Å². The summed E-state index contributed by atoms with van der Waals surface area (Å²) in [7, 11) is 1.91. The van der Waals surface area contributed by atoms with Gasteiger partial charge in [-0.05, 0) is 80.7 Å². The maximum atomic E-state index is 14.5. The summed E-state index contributed by atoms with van der Waals surface area (Å²) in [6.07, 6.45) is 3.79. The lowest BCUT2D eigenvalue weighted by Gasteiger charge is -2.46. The van der Waals surface area contributed by atoms with Crippen LogP contribution < -0.4 is 5.56 Å². The molecule has 4 aromatic heterocycles. The van der Waals surface area contributed by atoms with Gasteiger partial charge in [0, 0.05) is 49.0 Å². The lowest BCUT2D eigenvalue weighted by atomic mass is 9.58. The van der Waals surface area contributed by atoms with Crippen molar-refractivity contribution in [2.45, 2.75) is 76.4 Å². The molecule has 0 radical (unpaired) electrons. The van der Waals surface area contributed by atoms with Gasteiger partial charge in [-0.3, -0.25) is 14.3 Å². The second-order valence-corrected chi connectivity index (χ2v) is 13.1. The van der Waals surface area contributed by atoms with E-state index in [0.29, 0.717) is 24.1 Å². The average molecular weight is 580 g/mol. The summed E-state index contributed by atoms with van der Waals surface area (Å²) >= 11 is 0. The number of hydrogen-bond donors (Lipinski definition) is 1. The minimum Gasteiger partial charge on any atom is -0.353 e. The number of likely N-dealkylation sites (tertiary alicyclic amines) is 1. The van der Waals surface area contributed by atoms with Crippen LogP contribution in [-0.4, -0.2) is 47.3 Å². The first-order valence-electron chi connectivity index (χ1n) is 15.0. The van der Waals surface area contributed by atoms with Crippen LogP contribution in [0.2, 0.25) is 0 Å². The fraction of sp³-hybridized carbons (Fsp3) is 0.548. The van der Waals surface area contributed by atoms with Crippen molar-refractivity contribution in [1.29, 1.82) is 0 Å². The van der Waals surface area contributed by atoms with Crippen molar-refractivity contribution in [1.82, 2.24) is 34.2 Å². The number of aromatic nitrogens is 6. The maximum absolute atomic E-state index is 14.5. The van der Waals surface area contributed by atoms with Gasteiger partial charge in [0.1, 0.15) is 23.5 Å². The summed E-state index contributed by atoms with van der Waals surface area (Å²) in [6.45, 7) is 6.63. The van der Waals surface area contributed by atoms with Gasteiger partial charge in [-0.15, -0.1) is 10.2 Å². The number of fused-ring (bicyclic) bond motifs is 1. The first-order valence-corrected chi connectivity index (χ1v) is 15.0. The molecule has 1 atom stereocenters. The molecule has 1 N–H and O–H groups in total. The van der Waals surface area contributed by atoms with Gasteiger partial charge in [-0.25, -0.2) is 4.98 Å². The van der Waals surface area contributed by atoms with Crippen molar-refractivity contribution in [3.8, 4) is 5.82 Å². The second kappa shape index (κ2) is 9.79. The number of alkyl halides is 3. The number of aryl methyl sites for hydroxylation is 1. The van der Waals surface area contributed by atoms with Crippen LogP contribution in [0.25, 0.3) is 16.7 Å². The lowest BCUT2D eigenvalue weighted by molar-refractivity contribution is -0.136. The van der Waals surface area contributed by atoms with Crippen molar-refractivity contribution < 1.29 is 13.2 Å². The monoisotopic (exact) mass is 579 g/mol. The van der Waals surface area contributed by atoms with Gasteiger partial charge >= 0.3 is 6.18 Å². The fourth-order valence-corrected chi connectivity index (χ4v) is 7.34. The third-order valence-electron chi connectivity index (χ3n) is 9.45. The zero-order valence-corrected chi connectivity index (χ0v) is 24.2. The predicted molar refractivity (Wildman–Crippen MR) is 153 cm³/mol. The molecule has 0 amide bonds. The maximum Gasteiger partial charge on any atom is 0.418 e. The Morgan fingerprint density at radius 3 is 2.52 bits per heavy atom. The van der Waals surface area contributed by atoms with E-state index in [0.717, 1.165) is 79.5 Å². The number of halogens is 3. The van der Waals surface area contributed by atoms with Gasteiger partial charge in [0.05, 0.1) is 11.0 Å². The molecular formula is C31H36F3N7O. The molecular weight excluding hydrogens is 543 g/mol. The van der Waals surface area contributed by atoms with E-state index in [2.05, 4.69) is 40.0 Å². The zero-order chi connectivity index (χ0) is 29.4. The molecule has 3 aliphatic rings. The van der Waals surface area contributed by atoms with Gasteiger partial charge in [0.15, 0.2) is 0 Å². The Balaban J connectivity index is 1.38. The second-order valence-electron chi connectivity index (χ2n) is 13.1. The summed E-state index contributed by atoms with van der Waals surface area (Å²) < 4.78 is 46.5. The zero-order valence-electron chi connectivity index (χ0n) is 24.2. The van der Waals surface area contributed by atoms with Crippen LogP contribution in [0.15, 0.2) is 35.5 Å². The number of aromatic amines is 1. The van der Waals surface area contributed by atoms with Crippen LogP contribution in [0.4, 0.5) is 13.2 Å². The van der Waals surface area contributed by atoms with Crippen LogP contribution in [0.1, 0.15) is 86.6 Å². The Morgan fingerprint density at radius 1 is 1.10 bits per heavy atom. The highest BCUT2D eigenvalue weighted by Crippen LogP contribution is 2.52. The fourth-order valence-electron chi connectivity index (χ4n) is 7.34. The number of pyridine rings is 2. The number of nitrogens with zero attached hydrogens (tertiary/aromatic N) is 6. The number of piperidine rings is 1. The van der Waals surface area contributed by atoms with Crippen LogP contribution in [-0.2, 0) is 25.2 Å². The van der Waals surface area contributed by atoms with Crippen molar-refractivity contribution in [3.05, 3.63) is 69.4 Å². The van der Waals surface area contributed by atoms with E-state index >= 15 is 0 Å². The Hall–Kier alpha value is -3.47. The van der Waals surface area contributed by atoms with E-state index in [1.807, 2.05) is 11.6 Å². The first-order chi connectivity index (χ1) is 20.0. The molecule has 0 bridgehead atoms. The molecule has 7 rings (SSSR count). The molecule has 1 aliphatic heterocycles. The van der Waals surface area contributed by atoms with Crippen molar-refractivity contribution >= 4 is 10.9 Å². The highest BCUT2D eigenvalue weighted by atomic mass is 19.4. The number of hydrogen-bond acceptors (Lipinski definition) is 5. The SMILES string of the molecule is CC1CC(c2cc(C3CC3)nc(-n3cc(C(F)(F)F)c4cc(CN5CCC[C@H](C)C5)[nH]c4c3=O)c2)(c2nncn2C)C1. The van der Waals surface area contributed by atoms with Crippen LogP contribution in [0, 0.1) is 11.8 Å². The highest BCUT2D eigenvalue weighted by Gasteiger charge is 2.49. The quantitative estimate of drug-likeness (QED) is 0.318. The lowest BCUT2D eigenvalue weighted by Crippen LogP contribution is -2.43. The smallest absolute Gasteiger partial charge is 0.353 e. The molecule has 2 aliphatic carbocycles. The normalized spacial score (nSPS) is 25.2. The third kappa shape index (κ3) is 4.66. The summed E-state index contributed by atoms with van der Waals surface area (Å²) in [6, 6.07) is 5.36. The molecule has 222 valence electrons. The molecule has 0 unspecified atom stereocenters. The van der Waals surface area contributed by atoms with E-state index in [1.165, 1.54) is 6.07 Å². The van der Waals surface area contributed by atoms with Gasteiger partial charge in [-0.1, -0.05) is 13.8 Å². The summed E-state index contributed by atoms with van der Waals surface area (Å²) in [5.41, 5.74) is 0.517. The van der Waals surface area contributed by atoms with Crippen LogP contribution in [0.3, 0.4) is 0 Å². The van der Waals surface area contributed by atoms with Crippen LogP contribution >= 0.6 is 0 Å². The first kappa shape index (κ1) is 27.4. The number of nitrogens with one attached hydrogen (secondary N) is 1. The summed E-state index contributed by atoms with van der Waals surface area (Å²) in [5.74, 6) is 2.27. The van der Waals surface area contributed by atoms with E-state index in [4.69, 9.17) is 4.98 Å². The molecule has 2 saturated carbocycles. The Morgan fingerprint density at radius 2 is 1.88 bits per heavy atom. The molecule has 0 aromatic carbocycles. The molecule has 3 fully saturated rings. The number of rotatable bonds is 6. The predicted octanol–water partition coefficient (Wildman–Crippen LogP) is 5.69. The van der Waals surface area contributed by atoms with Gasteiger partial charge in [-0.2, -0.15) is 13.2 Å². The molecule has 4 aromatic rings. The standard InChI is InChI=1S/C31H36F3N7O/c1-18-5-4-8-40(14-18)15-22-11-23-24(31(32,33)34)16-41(28(42)27(23)36-22)26-10-21(9-25(37-26)20-6-7-20)30(12-19(2)13-30)29-38-35-17-39(29)3/h9-11,16-20,36H,4-8,12-15H2,1-3H3/t18-,19?,30?/m0/s1. The van der Waals surface area contributed by atoms with E-state index in [1.54, 1.807) is 12.4 Å². The van der Waals surface area contributed by atoms with Crippen LogP contribution in [0.5, 0.6) is 0 Å². The molecule has 5 heterocycles. The van der Waals surface area contributed by atoms with E-state index in [-0.39, 0.29) is 22.6 Å². The molecule has 0 spiro atoms. The van der Waals surface area contributed by atoms with Gasteiger partial charge < -0.3 is 9.55 Å². The molecule has 11 heteroatoms.